The van der Waals surface area contributed by atoms with Crippen molar-refractivity contribution in [2.75, 3.05) is 0 Å². The van der Waals surface area contributed by atoms with Crippen LogP contribution in [0.4, 0.5) is 0 Å². The first kappa shape index (κ1) is 13.5. The van der Waals surface area contributed by atoms with Crippen molar-refractivity contribution in [1.82, 2.24) is 4.98 Å². The van der Waals surface area contributed by atoms with E-state index in [1.54, 1.807) is 0 Å². The van der Waals surface area contributed by atoms with E-state index in [4.69, 9.17) is 5.73 Å². The minimum atomic E-state index is -0.356. The van der Waals surface area contributed by atoms with Gasteiger partial charge in [0.25, 0.3) is 0 Å². The smallest absolute Gasteiger partial charge is 0.248 e. The number of carbonyl (C=O) groups excluding carboxylic acids is 1. The number of nitrogens with zero attached hydrogens (tertiary/aromatic N) is 1. The molecule has 0 radical (unpaired) electrons. The molecule has 1 aromatic heterocycles. The second-order valence-corrected chi connectivity index (χ2v) is 4.86. The van der Waals surface area contributed by atoms with Crippen LogP contribution in [-0.2, 0) is 10.2 Å². The van der Waals surface area contributed by atoms with Gasteiger partial charge in [-0.2, -0.15) is 0 Å². The van der Waals surface area contributed by atoms with Gasteiger partial charge in [0.1, 0.15) is 0 Å². The zero-order valence-electron chi connectivity index (χ0n) is 11.7. The molecule has 1 heterocycles. The zero-order valence-corrected chi connectivity index (χ0v) is 11.7. The third kappa shape index (κ3) is 2.33. The largest absolute Gasteiger partial charge is 0.366 e. The van der Waals surface area contributed by atoms with Gasteiger partial charge in [-0.05, 0) is 30.9 Å². The monoisotopic (exact) mass is 258 g/mol. The number of rotatable bonds is 2. The van der Waals surface area contributed by atoms with Crippen LogP contribution < -0.4 is 5.73 Å². The Morgan fingerprint density at radius 1 is 1.47 bits per heavy atom. The summed E-state index contributed by atoms with van der Waals surface area (Å²) in [6.45, 7) is 5.97. The van der Waals surface area contributed by atoms with Crippen LogP contribution in [0.1, 0.15) is 33.0 Å². The number of carbonyl (C=O) groups is 1. The SMILES string of the molecule is CC.Cc1ccc(C23C=C(C(N)=O)C=CC2C3)cn1.[HH]. The van der Waals surface area contributed by atoms with Crippen LogP contribution in [0, 0.1) is 12.8 Å². The van der Waals surface area contributed by atoms with E-state index in [1.807, 2.05) is 45.2 Å². The molecule has 1 amide bonds. The fourth-order valence-corrected chi connectivity index (χ4v) is 2.57. The van der Waals surface area contributed by atoms with Crippen LogP contribution in [-0.4, -0.2) is 10.9 Å². The van der Waals surface area contributed by atoms with Gasteiger partial charge in [0.05, 0.1) is 0 Å². The fraction of sp³-hybridized carbons (Fsp3) is 0.375. The molecule has 0 saturated heterocycles. The summed E-state index contributed by atoms with van der Waals surface area (Å²) >= 11 is 0. The highest BCUT2D eigenvalue weighted by Crippen LogP contribution is 2.58. The van der Waals surface area contributed by atoms with E-state index in [-0.39, 0.29) is 12.7 Å². The first-order chi connectivity index (χ1) is 9.12. The second kappa shape index (κ2) is 5.00. The summed E-state index contributed by atoms with van der Waals surface area (Å²) in [5.41, 5.74) is 8.10. The van der Waals surface area contributed by atoms with Gasteiger partial charge in [-0.25, -0.2) is 0 Å². The third-order valence-electron chi connectivity index (χ3n) is 3.71. The van der Waals surface area contributed by atoms with E-state index in [0.29, 0.717) is 11.5 Å². The van der Waals surface area contributed by atoms with E-state index < -0.39 is 0 Å². The van der Waals surface area contributed by atoms with Crippen molar-refractivity contribution in [3.63, 3.8) is 0 Å². The van der Waals surface area contributed by atoms with Gasteiger partial charge in [0, 0.05) is 24.3 Å². The number of hydrogen-bond donors (Lipinski definition) is 1. The Hall–Kier alpha value is -1.90. The van der Waals surface area contributed by atoms with Gasteiger partial charge in [0.2, 0.25) is 5.91 Å². The second-order valence-electron chi connectivity index (χ2n) is 4.86. The minimum absolute atomic E-state index is 0. The normalized spacial score (nSPS) is 26.7. The standard InChI is InChI=1S/C14H14N2O.C2H6.H2/c1-9-2-4-12(8-16-9)14-6-10(13(15)17)3-5-11(14)7-14;1-2;/h2-6,8,11H,7H2,1H3,(H2,15,17);1-2H3;1H. The van der Waals surface area contributed by atoms with E-state index in [9.17, 15) is 4.79 Å². The van der Waals surface area contributed by atoms with Crippen molar-refractivity contribution in [1.29, 1.82) is 0 Å². The first-order valence-electron chi connectivity index (χ1n) is 6.76. The average molecular weight is 258 g/mol. The van der Waals surface area contributed by atoms with Crippen LogP contribution in [0.2, 0.25) is 0 Å². The number of aromatic nitrogens is 1. The molecule has 19 heavy (non-hydrogen) atoms. The molecule has 1 fully saturated rings. The van der Waals surface area contributed by atoms with Gasteiger partial charge in [0.15, 0.2) is 0 Å². The predicted octanol–water partition coefficient (Wildman–Crippen LogP) is 2.90. The van der Waals surface area contributed by atoms with Crippen LogP contribution in [0.5, 0.6) is 0 Å². The van der Waals surface area contributed by atoms with Crippen LogP contribution >= 0.6 is 0 Å². The lowest BCUT2D eigenvalue weighted by Crippen LogP contribution is -2.18. The van der Waals surface area contributed by atoms with Gasteiger partial charge in [-0.1, -0.05) is 38.1 Å². The number of amides is 1. The maximum absolute atomic E-state index is 11.2. The quantitative estimate of drug-likeness (QED) is 0.886. The zero-order chi connectivity index (χ0) is 14.0. The van der Waals surface area contributed by atoms with Gasteiger partial charge < -0.3 is 5.73 Å². The molecule has 0 bridgehead atoms. The molecule has 3 nitrogen and oxygen atoms in total. The molecule has 2 atom stereocenters. The van der Waals surface area contributed by atoms with Crippen molar-refractivity contribution in [3.8, 4) is 0 Å². The van der Waals surface area contributed by atoms with Crippen molar-refractivity contribution in [2.24, 2.45) is 11.7 Å². The number of primary amides is 1. The van der Waals surface area contributed by atoms with Crippen LogP contribution in [0.25, 0.3) is 0 Å². The fourth-order valence-electron chi connectivity index (χ4n) is 2.57. The highest BCUT2D eigenvalue weighted by molar-refractivity contribution is 5.95. The van der Waals surface area contributed by atoms with Gasteiger partial charge in [-0.3, -0.25) is 9.78 Å². The Balaban J connectivity index is 0.000000639. The maximum atomic E-state index is 11.2. The van der Waals surface area contributed by atoms with Crippen molar-refractivity contribution < 1.29 is 6.22 Å². The first-order valence-corrected chi connectivity index (χ1v) is 6.76. The summed E-state index contributed by atoms with van der Waals surface area (Å²) in [6, 6.07) is 4.10. The van der Waals surface area contributed by atoms with E-state index >= 15 is 0 Å². The number of pyridine rings is 1. The Kier molecular flexibility index (Phi) is 3.56. The van der Waals surface area contributed by atoms with Gasteiger partial charge in [-0.15, -0.1) is 0 Å². The van der Waals surface area contributed by atoms with Crippen LogP contribution in [0.15, 0.2) is 42.1 Å². The molecular weight excluding hydrogens is 236 g/mol. The number of fused-ring (bicyclic) bond motifs is 1. The molecule has 0 aromatic carbocycles. The summed E-state index contributed by atoms with van der Waals surface area (Å²) in [4.78, 5) is 15.6. The highest BCUT2D eigenvalue weighted by atomic mass is 16.1. The average Bonchev–Trinajstić information content (AvgIpc) is 3.16. The highest BCUT2D eigenvalue weighted by Gasteiger charge is 2.54. The molecule has 0 spiro atoms. The minimum Gasteiger partial charge on any atom is -0.366 e. The molecule has 3 heteroatoms. The molecule has 0 aliphatic heterocycles. The van der Waals surface area contributed by atoms with Gasteiger partial charge >= 0.3 is 0 Å². The van der Waals surface area contributed by atoms with Crippen molar-refractivity contribution >= 4 is 5.91 Å². The van der Waals surface area contributed by atoms with Crippen molar-refractivity contribution in [3.05, 3.63) is 53.4 Å². The molecule has 1 aromatic rings. The molecule has 102 valence electrons. The Labute approximate surface area is 115 Å². The van der Waals surface area contributed by atoms with E-state index in [0.717, 1.165) is 12.1 Å². The maximum Gasteiger partial charge on any atom is 0.248 e. The topological polar surface area (TPSA) is 56.0 Å². The summed E-state index contributed by atoms with van der Waals surface area (Å²) < 4.78 is 0. The lowest BCUT2D eigenvalue weighted by atomic mass is 9.88. The third-order valence-corrected chi connectivity index (χ3v) is 3.71. The van der Waals surface area contributed by atoms with Crippen molar-refractivity contribution in [2.45, 2.75) is 32.6 Å². The van der Waals surface area contributed by atoms with Crippen LogP contribution in [0.3, 0.4) is 0 Å². The summed E-state index contributed by atoms with van der Waals surface area (Å²) in [6.07, 6.45) is 8.88. The molecule has 1 saturated carbocycles. The summed E-state index contributed by atoms with van der Waals surface area (Å²) in [7, 11) is 0. The Bertz CT molecular complexity index is 548. The molecule has 2 unspecified atom stereocenters. The molecular formula is C16H22N2O. The summed E-state index contributed by atoms with van der Waals surface area (Å²) in [5, 5.41) is 0. The molecule has 2 aliphatic rings. The Morgan fingerprint density at radius 3 is 2.79 bits per heavy atom. The number of allylic oxidation sites excluding steroid dienone is 2. The summed E-state index contributed by atoms with van der Waals surface area (Å²) in [5.74, 6) is 0.140. The molecule has 2 aliphatic carbocycles. The lowest BCUT2D eigenvalue weighted by molar-refractivity contribution is -0.114. The van der Waals surface area contributed by atoms with E-state index in [1.165, 1.54) is 5.56 Å². The molecule has 2 N–H and O–H groups in total. The molecule has 3 rings (SSSR count). The van der Waals surface area contributed by atoms with E-state index in [2.05, 4.69) is 17.1 Å². The Morgan fingerprint density at radius 2 is 2.21 bits per heavy atom. The number of aryl methyl sites for hydroxylation is 1. The number of hydrogen-bond acceptors (Lipinski definition) is 2. The lowest BCUT2D eigenvalue weighted by Gasteiger charge is -2.16. The number of nitrogens with two attached hydrogens (primary N) is 1. The predicted molar refractivity (Wildman–Crippen MR) is 78.6 cm³/mol.